The quantitative estimate of drug-likeness (QED) is 0.638. The van der Waals surface area contributed by atoms with E-state index in [2.05, 4.69) is 9.97 Å². The van der Waals surface area contributed by atoms with Crippen molar-refractivity contribution >= 4 is 28.0 Å². The van der Waals surface area contributed by atoms with Crippen molar-refractivity contribution in [3.05, 3.63) is 41.9 Å². The lowest BCUT2D eigenvalue weighted by molar-refractivity contribution is 0.0696. The second-order valence-corrected chi connectivity index (χ2v) is 3.76. The van der Waals surface area contributed by atoms with Crippen molar-refractivity contribution in [2.75, 3.05) is 0 Å². The molecule has 0 radical (unpaired) electrons. The average molecular weight is 241 g/mol. The summed E-state index contributed by atoms with van der Waals surface area (Å²) in [6.45, 7) is 0. The highest BCUT2D eigenvalue weighted by Crippen LogP contribution is 2.26. The molecule has 0 aliphatic carbocycles. The van der Waals surface area contributed by atoms with Crippen LogP contribution in [0.25, 0.3) is 22.1 Å². The minimum atomic E-state index is -1.33. The van der Waals surface area contributed by atoms with Crippen LogP contribution >= 0.6 is 0 Å². The molecule has 0 aliphatic heterocycles. The monoisotopic (exact) mass is 241 g/mol. The van der Waals surface area contributed by atoms with Gasteiger partial charge in [-0.2, -0.15) is 0 Å². The zero-order valence-electron chi connectivity index (χ0n) is 10.1. The molecule has 0 aliphatic rings. The number of carboxylic acids is 1. The third-order valence-electron chi connectivity index (χ3n) is 2.63. The molecule has 18 heavy (non-hydrogen) atoms. The lowest BCUT2D eigenvalue weighted by Gasteiger charge is -2.05. The molecule has 0 saturated carbocycles. The second kappa shape index (κ2) is 3.66. The molecule has 5 nitrogen and oxygen atoms in total. The van der Waals surface area contributed by atoms with Gasteiger partial charge in [0, 0.05) is 0 Å². The van der Waals surface area contributed by atoms with Gasteiger partial charge < -0.3 is 10.2 Å². The number of hydrogen-bond acceptors (Lipinski definition) is 4. The number of fused-ring (bicyclic) bond motifs is 2. The van der Waals surface area contributed by atoms with Crippen LogP contribution in [0.5, 0.6) is 5.75 Å². The number of benzene rings is 2. The molecule has 5 heteroatoms. The first kappa shape index (κ1) is 9.35. The molecule has 0 fully saturated rings. The van der Waals surface area contributed by atoms with Crippen molar-refractivity contribution < 1.29 is 16.4 Å². The summed E-state index contributed by atoms with van der Waals surface area (Å²) in [6, 6.07) is 8.04. The van der Waals surface area contributed by atoms with Gasteiger partial charge in [-0.15, -0.1) is 0 Å². The van der Waals surface area contributed by atoms with Crippen molar-refractivity contribution in [1.29, 1.82) is 0 Å². The van der Waals surface area contributed by atoms with Gasteiger partial charge >= 0.3 is 5.97 Å². The highest BCUT2D eigenvalue weighted by Gasteiger charge is 2.16. The number of aromatic nitrogens is 2. The Morgan fingerprint density at radius 2 is 1.78 bits per heavy atom. The van der Waals surface area contributed by atoms with E-state index >= 15 is 0 Å². The fourth-order valence-corrected chi connectivity index (χ4v) is 1.82. The smallest absolute Gasteiger partial charge is 0.341 e. The number of phenols is 1. The van der Waals surface area contributed by atoms with Gasteiger partial charge in [0.25, 0.3) is 0 Å². The van der Waals surface area contributed by atoms with Crippen LogP contribution in [0.3, 0.4) is 0 Å². The number of carbonyl (C=O) groups is 1. The van der Waals surface area contributed by atoms with E-state index in [0.29, 0.717) is 11.0 Å². The van der Waals surface area contributed by atoms with E-state index in [1.807, 2.05) is 0 Å². The predicted octanol–water partition coefficient (Wildman–Crippen LogP) is 2.19. The molecule has 3 rings (SSSR count). The van der Waals surface area contributed by atoms with E-state index in [4.69, 9.17) is 6.48 Å². The molecule has 1 aromatic heterocycles. The van der Waals surface area contributed by atoms with Gasteiger partial charge in [0.15, 0.2) is 0 Å². The van der Waals surface area contributed by atoms with Crippen LogP contribution in [-0.4, -0.2) is 26.2 Å². The fourth-order valence-electron chi connectivity index (χ4n) is 1.82. The Morgan fingerprint density at radius 3 is 2.44 bits per heavy atom. The number of rotatable bonds is 1. The molecule has 0 spiro atoms. The van der Waals surface area contributed by atoms with Crippen molar-refractivity contribution in [3.63, 3.8) is 0 Å². The maximum absolute atomic E-state index is 11.2. The predicted molar refractivity (Wildman–Crippen MR) is 65.7 cm³/mol. The fraction of sp³-hybridized carbons (Fsp3) is 0. The molecular weight excluding hydrogens is 232 g/mol. The average Bonchev–Trinajstić information content (AvgIpc) is 2.37. The molecule has 0 amide bonds. The van der Waals surface area contributed by atoms with Gasteiger partial charge in [-0.05, 0) is 24.2 Å². The number of para-hydroxylation sites is 2. The van der Waals surface area contributed by atoms with E-state index in [-0.39, 0.29) is 22.6 Å². The van der Waals surface area contributed by atoms with Crippen molar-refractivity contribution in [1.82, 2.24) is 9.97 Å². The van der Waals surface area contributed by atoms with E-state index in [9.17, 15) is 9.90 Å². The number of aromatic hydroxyl groups is 1. The number of nitrogens with zero attached hydrogens (tertiary/aromatic N) is 2. The van der Waals surface area contributed by atoms with Gasteiger partial charge in [0.2, 0.25) is 0 Å². The molecule has 0 atom stereocenters. The van der Waals surface area contributed by atoms with Gasteiger partial charge in [0.05, 0.1) is 17.9 Å². The molecule has 2 N–H and O–H groups in total. The normalized spacial score (nSPS) is 11.7. The Balaban J connectivity index is 2.53. The summed E-state index contributed by atoms with van der Waals surface area (Å²) < 4.78 is 7.56. The number of carboxylic acid groups (broad SMARTS) is 1. The zero-order valence-corrected chi connectivity index (χ0v) is 9.08. The van der Waals surface area contributed by atoms with E-state index in [1.54, 1.807) is 24.3 Å². The number of aromatic carboxylic acids is 1. The van der Waals surface area contributed by atoms with Crippen LogP contribution in [0.4, 0.5) is 0 Å². The van der Waals surface area contributed by atoms with Crippen molar-refractivity contribution in [3.8, 4) is 5.75 Å². The Morgan fingerprint density at radius 1 is 1.11 bits per heavy atom. The van der Waals surface area contributed by atoms with Gasteiger partial charge in [-0.3, -0.25) is 0 Å². The summed E-state index contributed by atoms with van der Waals surface area (Å²) >= 11 is 0. The second-order valence-electron chi connectivity index (χ2n) is 3.76. The Bertz CT molecular complexity index is 833. The van der Waals surface area contributed by atoms with Crippen molar-refractivity contribution in [2.45, 2.75) is 0 Å². The first-order valence-corrected chi connectivity index (χ1v) is 5.20. The molecule has 88 valence electrons. The largest absolute Gasteiger partial charge is 0.507 e. The van der Waals surface area contributed by atoms with Gasteiger partial charge in [0.1, 0.15) is 16.8 Å². The lowest BCUT2D eigenvalue weighted by atomic mass is 10.1. The molecule has 0 unspecified atom stereocenters. The first-order valence-electron chi connectivity index (χ1n) is 5.70. The molecule has 2 aromatic carbocycles. The molecule has 3 aromatic rings. The SMILES string of the molecule is [2H]c1cc2nc3ccccc3nc2c(C(=O)O)c1O. The van der Waals surface area contributed by atoms with Crippen LogP contribution in [0.1, 0.15) is 11.7 Å². The first-order chi connectivity index (χ1) is 9.08. The van der Waals surface area contributed by atoms with Crippen LogP contribution in [-0.2, 0) is 0 Å². The van der Waals surface area contributed by atoms with E-state index in [0.717, 1.165) is 0 Å². The number of hydrogen-bond donors (Lipinski definition) is 2. The van der Waals surface area contributed by atoms with Gasteiger partial charge in [-0.1, -0.05) is 12.1 Å². The summed E-state index contributed by atoms with van der Waals surface area (Å²) in [4.78, 5) is 19.7. The highest BCUT2D eigenvalue weighted by molar-refractivity contribution is 6.04. The molecular formula is C13H8N2O3. The molecule has 1 heterocycles. The maximum Gasteiger partial charge on any atom is 0.341 e. The van der Waals surface area contributed by atoms with Crippen LogP contribution in [0, 0.1) is 0 Å². The highest BCUT2D eigenvalue weighted by atomic mass is 16.4. The van der Waals surface area contributed by atoms with Crippen LogP contribution < -0.4 is 0 Å². The molecule has 0 saturated heterocycles. The van der Waals surface area contributed by atoms with Crippen LogP contribution in [0.15, 0.2) is 36.4 Å². The van der Waals surface area contributed by atoms with E-state index in [1.165, 1.54) is 6.07 Å². The zero-order chi connectivity index (χ0) is 13.6. The Kier molecular flexibility index (Phi) is 1.90. The Hall–Kier alpha value is -2.69. The van der Waals surface area contributed by atoms with Gasteiger partial charge in [-0.25, -0.2) is 14.8 Å². The van der Waals surface area contributed by atoms with Crippen molar-refractivity contribution in [2.24, 2.45) is 0 Å². The maximum atomic E-state index is 11.2. The molecule has 0 bridgehead atoms. The standard InChI is InChI=1S/C13H8N2O3/c16-10-6-5-9-12(11(10)13(17)18)15-8-4-2-1-3-7(8)14-9/h1-6,16H,(H,17,18)/i6D. The topological polar surface area (TPSA) is 83.3 Å². The minimum absolute atomic E-state index is 0.0831. The summed E-state index contributed by atoms with van der Waals surface area (Å²) in [5.74, 6) is -1.93. The summed E-state index contributed by atoms with van der Waals surface area (Å²) in [5.41, 5.74) is 1.12. The summed E-state index contributed by atoms with van der Waals surface area (Å²) in [7, 11) is 0. The summed E-state index contributed by atoms with van der Waals surface area (Å²) in [6.07, 6.45) is 0. The lowest BCUT2D eigenvalue weighted by Crippen LogP contribution is -2.01. The Labute approximate surface area is 103 Å². The third kappa shape index (κ3) is 1.45. The van der Waals surface area contributed by atoms with E-state index < -0.39 is 11.7 Å². The summed E-state index contributed by atoms with van der Waals surface area (Å²) in [5, 5.41) is 18.9. The minimum Gasteiger partial charge on any atom is -0.507 e. The van der Waals surface area contributed by atoms with Crippen LogP contribution in [0.2, 0.25) is 0 Å². The third-order valence-corrected chi connectivity index (χ3v) is 2.63.